The third-order valence-electron chi connectivity index (χ3n) is 3.73. The highest BCUT2D eigenvalue weighted by atomic mass is 35.5. The second-order valence-corrected chi connectivity index (χ2v) is 5.97. The van der Waals surface area contributed by atoms with Crippen molar-refractivity contribution in [2.45, 2.75) is 0 Å². The molecule has 0 saturated heterocycles. The molecule has 0 atom stereocenters. The standard InChI is InChI=1S/C20H16ClN3O3/c1-27-20(26)15-6-2-4-8-17(15)23-14-10-13(11-22-12-14)19(25)24-18-9-5-3-7-16(18)21/h2-12,23H,1H3,(H,24,25). The maximum atomic E-state index is 12.5. The summed E-state index contributed by atoms with van der Waals surface area (Å²) in [6.07, 6.45) is 3.00. The summed E-state index contributed by atoms with van der Waals surface area (Å²) in [6, 6.07) is 15.5. The summed E-state index contributed by atoms with van der Waals surface area (Å²) in [5.41, 5.74) is 2.34. The van der Waals surface area contributed by atoms with E-state index in [1.165, 1.54) is 13.3 Å². The van der Waals surface area contributed by atoms with Crippen LogP contribution in [0, 0.1) is 0 Å². The van der Waals surface area contributed by atoms with Gasteiger partial charge < -0.3 is 15.4 Å². The van der Waals surface area contributed by atoms with Crippen molar-refractivity contribution in [1.82, 2.24) is 4.98 Å². The van der Waals surface area contributed by atoms with Crippen molar-refractivity contribution in [3.63, 3.8) is 0 Å². The number of rotatable bonds is 5. The van der Waals surface area contributed by atoms with E-state index >= 15 is 0 Å². The molecule has 0 spiro atoms. The van der Waals surface area contributed by atoms with E-state index in [1.807, 2.05) is 0 Å². The van der Waals surface area contributed by atoms with Gasteiger partial charge in [0.25, 0.3) is 5.91 Å². The summed E-state index contributed by atoms with van der Waals surface area (Å²) in [4.78, 5) is 28.4. The first-order valence-electron chi connectivity index (χ1n) is 8.04. The van der Waals surface area contributed by atoms with Gasteiger partial charge in [0.05, 0.1) is 46.5 Å². The molecule has 0 aliphatic rings. The van der Waals surface area contributed by atoms with Crippen molar-refractivity contribution in [1.29, 1.82) is 0 Å². The van der Waals surface area contributed by atoms with Crippen molar-refractivity contribution < 1.29 is 14.3 Å². The van der Waals surface area contributed by atoms with Gasteiger partial charge in [0.1, 0.15) is 0 Å². The Hall–Kier alpha value is -3.38. The Morgan fingerprint density at radius 3 is 2.44 bits per heavy atom. The number of esters is 1. The van der Waals surface area contributed by atoms with E-state index in [9.17, 15) is 9.59 Å². The Morgan fingerprint density at radius 2 is 1.70 bits per heavy atom. The summed E-state index contributed by atoms with van der Waals surface area (Å²) in [5.74, 6) is -0.806. The SMILES string of the molecule is COC(=O)c1ccccc1Nc1cncc(C(=O)Nc2ccccc2Cl)c1. The lowest BCUT2D eigenvalue weighted by molar-refractivity contribution is 0.0601. The van der Waals surface area contributed by atoms with Crippen molar-refractivity contribution in [2.24, 2.45) is 0 Å². The van der Waals surface area contributed by atoms with Crippen LogP contribution < -0.4 is 10.6 Å². The van der Waals surface area contributed by atoms with Gasteiger partial charge in [-0.05, 0) is 30.3 Å². The lowest BCUT2D eigenvalue weighted by Gasteiger charge is -2.12. The molecule has 3 aromatic rings. The van der Waals surface area contributed by atoms with Gasteiger partial charge in [-0.15, -0.1) is 0 Å². The molecule has 0 radical (unpaired) electrons. The molecule has 2 aromatic carbocycles. The normalized spacial score (nSPS) is 10.1. The molecule has 0 saturated carbocycles. The monoisotopic (exact) mass is 381 g/mol. The molecule has 0 aliphatic heterocycles. The number of nitrogens with one attached hydrogen (secondary N) is 2. The van der Waals surface area contributed by atoms with Gasteiger partial charge in [-0.25, -0.2) is 4.79 Å². The highest BCUT2D eigenvalue weighted by molar-refractivity contribution is 6.33. The zero-order chi connectivity index (χ0) is 19.2. The highest BCUT2D eigenvalue weighted by Gasteiger charge is 2.13. The summed E-state index contributed by atoms with van der Waals surface area (Å²) >= 11 is 6.07. The minimum absolute atomic E-state index is 0.343. The zero-order valence-corrected chi connectivity index (χ0v) is 15.2. The first-order chi connectivity index (χ1) is 13.1. The molecule has 3 rings (SSSR count). The van der Waals surface area contributed by atoms with E-state index < -0.39 is 5.97 Å². The van der Waals surface area contributed by atoms with E-state index in [0.717, 1.165) is 0 Å². The molecule has 0 aliphatic carbocycles. The van der Waals surface area contributed by atoms with Gasteiger partial charge in [-0.3, -0.25) is 9.78 Å². The molecular weight excluding hydrogens is 366 g/mol. The van der Waals surface area contributed by atoms with E-state index in [-0.39, 0.29) is 5.91 Å². The number of anilines is 3. The van der Waals surface area contributed by atoms with E-state index in [0.29, 0.717) is 33.2 Å². The lowest BCUT2D eigenvalue weighted by atomic mass is 10.1. The number of aromatic nitrogens is 1. The first-order valence-corrected chi connectivity index (χ1v) is 8.41. The molecule has 0 fully saturated rings. The maximum absolute atomic E-state index is 12.5. The van der Waals surface area contributed by atoms with Gasteiger partial charge in [-0.2, -0.15) is 0 Å². The third-order valence-corrected chi connectivity index (χ3v) is 4.06. The second-order valence-electron chi connectivity index (χ2n) is 5.56. The maximum Gasteiger partial charge on any atom is 0.339 e. The van der Waals surface area contributed by atoms with Crippen molar-refractivity contribution >= 4 is 40.5 Å². The smallest absolute Gasteiger partial charge is 0.339 e. The largest absolute Gasteiger partial charge is 0.465 e. The second kappa shape index (κ2) is 8.33. The molecule has 2 N–H and O–H groups in total. The molecule has 0 bridgehead atoms. The zero-order valence-electron chi connectivity index (χ0n) is 14.4. The van der Waals surface area contributed by atoms with Gasteiger partial charge in [-0.1, -0.05) is 35.9 Å². The number of carbonyl (C=O) groups excluding carboxylic acids is 2. The fourth-order valence-electron chi connectivity index (χ4n) is 2.43. The van der Waals surface area contributed by atoms with E-state index in [1.54, 1.807) is 60.8 Å². The van der Waals surface area contributed by atoms with E-state index in [2.05, 4.69) is 15.6 Å². The molecule has 1 aromatic heterocycles. The summed E-state index contributed by atoms with van der Waals surface area (Å²) < 4.78 is 4.78. The molecule has 1 heterocycles. The topological polar surface area (TPSA) is 80.3 Å². The van der Waals surface area contributed by atoms with Gasteiger partial charge in [0.2, 0.25) is 0 Å². The van der Waals surface area contributed by atoms with Crippen molar-refractivity contribution in [3.05, 3.63) is 83.1 Å². The number of hydrogen-bond acceptors (Lipinski definition) is 5. The fraction of sp³-hybridized carbons (Fsp3) is 0.0500. The minimum Gasteiger partial charge on any atom is -0.465 e. The van der Waals surface area contributed by atoms with Gasteiger partial charge in [0, 0.05) is 6.20 Å². The molecule has 6 nitrogen and oxygen atoms in total. The average Bonchev–Trinajstić information content (AvgIpc) is 2.70. The number of hydrogen-bond donors (Lipinski definition) is 2. The Morgan fingerprint density at radius 1 is 1.00 bits per heavy atom. The van der Waals surface area contributed by atoms with Crippen LogP contribution >= 0.6 is 11.6 Å². The van der Waals surface area contributed by atoms with Crippen LogP contribution in [0.4, 0.5) is 17.1 Å². The number of pyridine rings is 1. The quantitative estimate of drug-likeness (QED) is 0.635. The molecule has 27 heavy (non-hydrogen) atoms. The number of ether oxygens (including phenoxy) is 1. The van der Waals surface area contributed by atoms with Crippen LogP contribution in [0.2, 0.25) is 5.02 Å². The highest BCUT2D eigenvalue weighted by Crippen LogP contribution is 2.23. The van der Waals surface area contributed by atoms with Crippen LogP contribution in [0.25, 0.3) is 0 Å². The number of nitrogens with zero attached hydrogens (tertiary/aromatic N) is 1. The van der Waals surface area contributed by atoms with Crippen LogP contribution in [0.15, 0.2) is 67.0 Å². The summed E-state index contributed by atoms with van der Waals surface area (Å²) in [6.45, 7) is 0. The van der Waals surface area contributed by atoms with Crippen LogP contribution in [-0.2, 0) is 4.74 Å². The Labute approximate surface area is 161 Å². The predicted octanol–water partition coefficient (Wildman–Crippen LogP) is 4.52. The number of para-hydroxylation sites is 2. The number of amides is 1. The van der Waals surface area contributed by atoms with Gasteiger partial charge >= 0.3 is 5.97 Å². The number of halogens is 1. The average molecular weight is 382 g/mol. The van der Waals surface area contributed by atoms with Crippen LogP contribution in [-0.4, -0.2) is 24.0 Å². The Kier molecular flexibility index (Phi) is 5.68. The van der Waals surface area contributed by atoms with Crippen molar-refractivity contribution in [3.8, 4) is 0 Å². The van der Waals surface area contributed by atoms with E-state index in [4.69, 9.17) is 16.3 Å². The molecular formula is C20H16ClN3O3. The third kappa shape index (κ3) is 4.43. The fourth-order valence-corrected chi connectivity index (χ4v) is 2.61. The molecule has 0 unspecified atom stereocenters. The predicted molar refractivity (Wildman–Crippen MR) is 105 cm³/mol. The van der Waals surface area contributed by atoms with Gasteiger partial charge in [0.15, 0.2) is 0 Å². The number of benzene rings is 2. The van der Waals surface area contributed by atoms with Crippen LogP contribution in [0.1, 0.15) is 20.7 Å². The molecule has 1 amide bonds. The number of methoxy groups -OCH3 is 1. The Balaban J connectivity index is 1.81. The van der Waals surface area contributed by atoms with Crippen molar-refractivity contribution in [2.75, 3.05) is 17.7 Å². The van der Waals surface area contributed by atoms with Crippen LogP contribution in [0.5, 0.6) is 0 Å². The molecule has 7 heteroatoms. The minimum atomic E-state index is -0.460. The molecule has 136 valence electrons. The number of carbonyl (C=O) groups is 2. The first kappa shape index (κ1) is 18.4. The lowest BCUT2D eigenvalue weighted by Crippen LogP contribution is -2.13. The summed E-state index contributed by atoms with van der Waals surface area (Å²) in [7, 11) is 1.32. The summed E-state index contributed by atoms with van der Waals surface area (Å²) in [5, 5.41) is 6.28. The Bertz CT molecular complexity index is 991. The van der Waals surface area contributed by atoms with Crippen LogP contribution in [0.3, 0.4) is 0 Å².